The fourth-order valence-corrected chi connectivity index (χ4v) is 14.5. The Morgan fingerprint density at radius 3 is 1.44 bits per heavy atom. The molecule has 0 radical (unpaired) electrons. The van der Waals surface area contributed by atoms with Crippen molar-refractivity contribution in [2.45, 2.75) is 307 Å². The van der Waals surface area contributed by atoms with Gasteiger partial charge in [-0.2, -0.15) is 0 Å². The van der Waals surface area contributed by atoms with Gasteiger partial charge in [-0.25, -0.2) is 13.1 Å². The van der Waals surface area contributed by atoms with E-state index in [1.54, 1.807) is 18.2 Å². The number of ether oxygens (including phenoxy) is 2. The lowest BCUT2D eigenvalue weighted by Crippen LogP contribution is -2.55. The predicted molar refractivity (Wildman–Crippen MR) is 415 cm³/mol. The van der Waals surface area contributed by atoms with Gasteiger partial charge >= 0.3 is 5.97 Å². The Balaban J connectivity index is 1.44. The highest BCUT2D eigenvalue weighted by Crippen LogP contribution is 2.30. The Hall–Kier alpha value is -6.40. The van der Waals surface area contributed by atoms with Gasteiger partial charge in [-0.15, -0.1) is 0 Å². The van der Waals surface area contributed by atoms with E-state index in [9.17, 15) is 51.6 Å². The molecule has 2 atom stereocenters. The van der Waals surface area contributed by atoms with Gasteiger partial charge in [-0.05, 0) is 63.5 Å². The molecule has 0 saturated carbocycles. The van der Waals surface area contributed by atoms with Gasteiger partial charge in [0.05, 0.1) is 37.7 Å². The third-order valence-corrected chi connectivity index (χ3v) is 20.9. The number of hydrogen-bond acceptors (Lipinski definition) is 14. The van der Waals surface area contributed by atoms with Crippen LogP contribution in [0.5, 0.6) is 0 Å². The number of nitrogens with zero attached hydrogens (tertiary/aromatic N) is 3. The van der Waals surface area contributed by atoms with Crippen LogP contribution in [0, 0.1) is 0 Å². The molecule has 0 spiro atoms. The first-order chi connectivity index (χ1) is 50.4. The molecule has 1 saturated heterocycles. The molecule has 0 bridgehead atoms. The average molecular weight is 1480 g/mol. The molecule has 0 aromatic heterocycles. The van der Waals surface area contributed by atoms with Crippen LogP contribution in [0.25, 0.3) is 10.8 Å². The number of sulfonamides is 1. The van der Waals surface area contributed by atoms with Crippen LogP contribution in [-0.4, -0.2) is 176 Å². The number of rotatable bonds is 65. The van der Waals surface area contributed by atoms with Gasteiger partial charge in [0.2, 0.25) is 57.3 Å². The van der Waals surface area contributed by atoms with E-state index in [-0.39, 0.29) is 62.8 Å². The second kappa shape index (κ2) is 58.7. The van der Waals surface area contributed by atoms with Gasteiger partial charge in [-0.3, -0.25) is 43.2 Å². The van der Waals surface area contributed by atoms with E-state index < -0.39 is 109 Å². The van der Waals surface area contributed by atoms with Gasteiger partial charge in [0.25, 0.3) is 0 Å². The molecule has 0 unspecified atom stereocenters. The van der Waals surface area contributed by atoms with E-state index in [1.807, 2.05) is 36.0 Å². The molecule has 1 aliphatic rings. The van der Waals surface area contributed by atoms with Crippen LogP contribution in [0.3, 0.4) is 0 Å². The largest absolute Gasteiger partial charge is 0.464 e. The first-order valence-corrected chi connectivity index (χ1v) is 42.0. The maximum Gasteiger partial charge on any atom is 0.325 e. The van der Waals surface area contributed by atoms with Crippen molar-refractivity contribution in [1.82, 2.24) is 46.4 Å². The van der Waals surface area contributed by atoms with Crippen molar-refractivity contribution in [3.05, 3.63) is 36.4 Å². The number of unbranched alkanes of at least 4 members (excludes halogenated alkanes) is 35. The third-order valence-electron chi connectivity index (χ3n) is 19.4. The Morgan fingerprint density at radius 2 is 0.933 bits per heavy atom. The standard InChI is InChI=1S/C80H138N10O13S/c1-6-9-12-15-17-19-21-23-25-27-29-31-33-35-37-42-55-89(56-43-38-36-34-32-30-28-26-24-22-20-18-16-13-10-7-2)77(96)65-102-64-75(94)82-60-72(91)81-59-73(92)83-62-76(95)90-57-47-52-70(90)80(99)87-68(79(98)85-61-74(93)84-63-78(97)103-58-44-39-14-11-8-3)50-40-41-54-86-104(100,101)71-53-46-48-66-67(71)49-45-51-69(66)88(4)5/h45-46,48-49,51,53,68,70,86H,6-44,47,50,52,54-65H2,1-5H3,(H,81,91)(H,82,94)(H,83,92)(H,84,93)(H,85,98)(H,87,99)/t68-,70-/m0/s1. The Morgan fingerprint density at radius 1 is 0.490 bits per heavy atom. The third kappa shape index (κ3) is 42.7. The van der Waals surface area contributed by atoms with Crippen LogP contribution < -0.4 is 41.5 Å². The van der Waals surface area contributed by atoms with Gasteiger partial charge in [0.15, 0.2) is 0 Å². The van der Waals surface area contributed by atoms with E-state index in [1.165, 1.54) is 178 Å². The topological polar surface area (TPSA) is 300 Å². The van der Waals surface area contributed by atoms with Gasteiger partial charge < -0.3 is 56.1 Å². The minimum Gasteiger partial charge on any atom is -0.464 e. The van der Waals surface area contributed by atoms with Crippen molar-refractivity contribution in [3.8, 4) is 0 Å². The van der Waals surface area contributed by atoms with E-state index >= 15 is 0 Å². The quantitative estimate of drug-likeness (QED) is 0.0239. The predicted octanol–water partition coefficient (Wildman–Crippen LogP) is 12.3. The maximum absolute atomic E-state index is 14.0. The van der Waals surface area contributed by atoms with Crippen LogP contribution >= 0.6 is 0 Å². The second-order valence-electron chi connectivity index (χ2n) is 28.7. The Bertz CT molecular complexity index is 2830. The lowest BCUT2D eigenvalue weighted by atomic mass is 10.0. The van der Waals surface area contributed by atoms with Crippen LogP contribution in [-0.2, 0) is 62.6 Å². The van der Waals surface area contributed by atoms with Crippen molar-refractivity contribution < 1.29 is 61.0 Å². The lowest BCUT2D eigenvalue weighted by Gasteiger charge is -2.26. The highest BCUT2D eigenvalue weighted by Gasteiger charge is 2.36. The number of carbonyl (C=O) groups is 9. The molecule has 1 aliphatic heterocycles. The molecule has 104 heavy (non-hydrogen) atoms. The summed E-state index contributed by atoms with van der Waals surface area (Å²) in [4.78, 5) is 123. The first kappa shape index (κ1) is 91.8. The summed E-state index contributed by atoms with van der Waals surface area (Å²) in [7, 11) is -0.232. The molecule has 592 valence electrons. The number of amides is 8. The fraction of sp³-hybridized carbons (Fsp3) is 0.762. The number of carbonyl (C=O) groups excluding carboxylic acids is 9. The zero-order valence-corrected chi connectivity index (χ0v) is 65.7. The van der Waals surface area contributed by atoms with Crippen LogP contribution in [0.2, 0.25) is 0 Å². The molecule has 2 aromatic carbocycles. The van der Waals surface area contributed by atoms with Gasteiger partial charge in [0, 0.05) is 56.7 Å². The number of nitrogens with one attached hydrogen (secondary N) is 7. The summed E-state index contributed by atoms with van der Waals surface area (Å²) in [6, 6.07) is 8.25. The molecule has 3 rings (SSSR count). The molecule has 8 amide bonds. The zero-order valence-electron chi connectivity index (χ0n) is 64.9. The number of anilines is 1. The number of esters is 1. The maximum atomic E-state index is 14.0. The molecule has 2 aromatic rings. The minimum atomic E-state index is -3.98. The first-order valence-electron chi connectivity index (χ1n) is 40.6. The van der Waals surface area contributed by atoms with Gasteiger partial charge in [-0.1, -0.05) is 263 Å². The molecule has 1 fully saturated rings. The summed E-state index contributed by atoms with van der Waals surface area (Å²) in [5.74, 6) is -5.45. The molecule has 0 aliphatic carbocycles. The summed E-state index contributed by atoms with van der Waals surface area (Å²) in [6.45, 7) is 5.17. The van der Waals surface area contributed by atoms with Crippen LogP contribution in [0.4, 0.5) is 5.69 Å². The van der Waals surface area contributed by atoms with E-state index in [0.717, 1.165) is 75.3 Å². The van der Waals surface area contributed by atoms with E-state index in [4.69, 9.17) is 9.47 Å². The number of fused-ring (bicyclic) bond motifs is 1. The molecule has 1 heterocycles. The molecule has 7 N–H and O–H groups in total. The second-order valence-corrected chi connectivity index (χ2v) is 30.4. The Labute approximate surface area is 625 Å². The molecule has 23 nitrogen and oxygen atoms in total. The van der Waals surface area contributed by atoms with Crippen LogP contribution in [0.15, 0.2) is 41.3 Å². The summed E-state index contributed by atoms with van der Waals surface area (Å²) >= 11 is 0. The average Bonchev–Trinajstić information content (AvgIpc) is 0.924. The summed E-state index contributed by atoms with van der Waals surface area (Å²) in [5.41, 5.74) is 0.853. The summed E-state index contributed by atoms with van der Waals surface area (Å²) in [5, 5.41) is 16.3. The number of hydrogen-bond donors (Lipinski definition) is 7. The molecular weight excluding hydrogens is 1340 g/mol. The molecular formula is C80H138N10O13S. The fourth-order valence-electron chi connectivity index (χ4n) is 13.2. The highest BCUT2D eigenvalue weighted by atomic mass is 32.2. The lowest BCUT2D eigenvalue weighted by molar-refractivity contribution is -0.144. The minimum absolute atomic E-state index is 0.000527. The number of benzene rings is 2. The smallest absolute Gasteiger partial charge is 0.325 e. The SMILES string of the molecule is CCCCCCCCCCCCCCCCCCN(CCCCCCCCCCCCCCCCCC)C(=O)COCC(=O)NCC(=O)NCC(=O)NCC(=O)N1CCC[C@H]1C(=O)N[C@@H](CCCCNS(=O)(=O)c1cccc2c(N(C)C)cccc12)C(=O)NCC(=O)NCC(=O)OCCCCCCC. The van der Waals surface area contributed by atoms with Crippen molar-refractivity contribution in [2.75, 3.05) is 97.7 Å². The van der Waals surface area contributed by atoms with Gasteiger partial charge in [0.1, 0.15) is 31.8 Å². The summed E-state index contributed by atoms with van der Waals surface area (Å²) in [6.07, 6.45) is 46.7. The van der Waals surface area contributed by atoms with E-state index in [0.29, 0.717) is 31.3 Å². The van der Waals surface area contributed by atoms with Crippen molar-refractivity contribution in [1.29, 1.82) is 0 Å². The Kier molecular flexibility index (Phi) is 51.9. The van der Waals surface area contributed by atoms with E-state index in [2.05, 4.69) is 57.4 Å². The summed E-state index contributed by atoms with van der Waals surface area (Å²) < 4.78 is 40.7. The normalized spacial score (nSPS) is 13.1. The van der Waals surface area contributed by atoms with Crippen molar-refractivity contribution >= 4 is 79.7 Å². The highest BCUT2D eigenvalue weighted by molar-refractivity contribution is 7.89. The monoisotopic (exact) mass is 1480 g/mol. The zero-order chi connectivity index (χ0) is 75.7. The number of likely N-dealkylation sites (tertiary alicyclic amines) is 1. The van der Waals surface area contributed by atoms with Crippen LogP contribution in [0.1, 0.15) is 290 Å². The van der Waals surface area contributed by atoms with Crippen molar-refractivity contribution in [3.63, 3.8) is 0 Å². The van der Waals surface area contributed by atoms with Crippen molar-refractivity contribution in [2.24, 2.45) is 0 Å². The molecule has 24 heteroatoms.